The lowest BCUT2D eigenvalue weighted by Crippen LogP contribution is -1.97. The van der Waals surface area contributed by atoms with Gasteiger partial charge in [-0.05, 0) is 58.3 Å². The van der Waals surface area contributed by atoms with Crippen molar-refractivity contribution in [3.63, 3.8) is 0 Å². The molecule has 3 aromatic heterocycles. The van der Waals surface area contributed by atoms with E-state index in [0.717, 1.165) is 49.5 Å². The molecule has 0 atom stereocenters. The molecule has 0 aliphatic rings. The molecule has 186 valence electrons. The SMILES string of the molecule is c1ccc2cc3c(cc2c1)c1ccccc1n3-c1ccc(-c2cccc3oc4ccccc4c23)c2cnncc12. The van der Waals surface area contributed by atoms with E-state index in [9.17, 15) is 0 Å². The summed E-state index contributed by atoms with van der Waals surface area (Å²) in [7, 11) is 0. The van der Waals surface area contributed by atoms with Crippen LogP contribution in [0.2, 0.25) is 0 Å². The molecule has 0 fully saturated rings. The molecular weight excluding hydrogens is 490 g/mol. The Kier molecular flexibility index (Phi) is 4.30. The van der Waals surface area contributed by atoms with E-state index in [-0.39, 0.29) is 0 Å². The van der Waals surface area contributed by atoms with E-state index in [4.69, 9.17) is 4.42 Å². The fourth-order valence-corrected chi connectivity index (χ4v) is 6.43. The van der Waals surface area contributed by atoms with Gasteiger partial charge in [0.2, 0.25) is 0 Å². The third kappa shape index (κ3) is 2.90. The number of hydrogen-bond acceptors (Lipinski definition) is 3. The van der Waals surface area contributed by atoms with Crippen LogP contribution in [0.15, 0.2) is 132 Å². The highest BCUT2D eigenvalue weighted by molar-refractivity contribution is 6.17. The Balaban J connectivity index is 1.39. The summed E-state index contributed by atoms with van der Waals surface area (Å²) in [6.07, 6.45) is 3.78. The Hall–Kier alpha value is -5.48. The lowest BCUT2D eigenvalue weighted by molar-refractivity contribution is 0.669. The number of benzene rings is 6. The van der Waals surface area contributed by atoms with Crippen LogP contribution in [0.3, 0.4) is 0 Å². The van der Waals surface area contributed by atoms with Gasteiger partial charge in [-0.15, -0.1) is 0 Å². The summed E-state index contributed by atoms with van der Waals surface area (Å²) >= 11 is 0. The minimum Gasteiger partial charge on any atom is -0.456 e. The minimum atomic E-state index is 0.882. The van der Waals surface area contributed by atoms with Gasteiger partial charge in [0.15, 0.2) is 0 Å². The van der Waals surface area contributed by atoms with E-state index in [1.165, 1.54) is 32.6 Å². The molecule has 0 N–H and O–H groups in total. The maximum atomic E-state index is 6.21. The number of nitrogens with zero attached hydrogens (tertiary/aromatic N) is 3. The Bertz CT molecular complexity index is 2450. The summed E-state index contributed by atoms with van der Waals surface area (Å²) in [5, 5.41) is 17.9. The Labute approximate surface area is 228 Å². The predicted octanol–water partition coefficient (Wildman–Crippen LogP) is 9.45. The first kappa shape index (κ1) is 21.5. The number of rotatable bonds is 2. The molecule has 0 spiro atoms. The third-order valence-corrected chi connectivity index (χ3v) is 8.18. The van der Waals surface area contributed by atoms with E-state index in [0.29, 0.717) is 0 Å². The molecule has 0 aliphatic heterocycles. The highest BCUT2D eigenvalue weighted by Gasteiger charge is 2.19. The molecule has 0 unspecified atom stereocenters. The summed E-state index contributed by atoms with van der Waals surface area (Å²) in [5.74, 6) is 0. The maximum absolute atomic E-state index is 6.21. The molecule has 6 aromatic carbocycles. The number of hydrogen-bond donors (Lipinski definition) is 0. The second kappa shape index (κ2) is 8.01. The second-order valence-corrected chi connectivity index (χ2v) is 10.3. The Morgan fingerprint density at radius 2 is 1.20 bits per heavy atom. The smallest absolute Gasteiger partial charge is 0.136 e. The zero-order chi connectivity index (χ0) is 26.2. The van der Waals surface area contributed by atoms with E-state index >= 15 is 0 Å². The summed E-state index contributed by atoms with van der Waals surface area (Å²) in [4.78, 5) is 0. The fraction of sp³-hybridized carbons (Fsp3) is 0. The third-order valence-electron chi connectivity index (χ3n) is 8.18. The van der Waals surface area contributed by atoms with Crippen molar-refractivity contribution in [2.75, 3.05) is 0 Å². The van der Waals surface area contributed by atoms with Crippen LogP contribution in [-0.4, -0.2) is 14.8 Å². The monoisotopic (exact) mass is 511 g/mol. The highest BCUT2D eigenvalue weighted by atomic mass is 16.3. The van der Waals surface area contributed by atoms with Crippen molar-refractivity contribution < 1.29 is 4.42 Å². The number of fused-ring (bicyclic) bond motifs is 8. The summed E-state index contributed by atoms with van der Waals surface area (Å²) in [6.45, 7) is 0. The van der Waals surface area contributed by atoms with E-state index in [2.05, 4.69) is 112 Å². The second-order valence-electron chi connectivity index (χ2n) is 10.3. The molecule has 0 amide bonds. The standard InChI is InChI=1S/C36H21N3O/c1-2-9-23-19-33-28(18-22(23)8-1)25-10-3-5-13-31(25)39(33)32-17-16-24(29-20-37-38-21-30(29)32)26-12-7-15-35-36(26)27-11-4-6-14-34(27)40-35/h1-21H. The molecule has 9 aromatic rings. The van der Waals surface area contributed by atoms with Crippen LogP contribution in [0.1, 0.15) is 0 Å². The Morgan fingerprint density at radius 3 is 2.10 bits per heavy atom. The first-order valence-electron chi connectivity index (χ1n) is 13.4. The Morgan fingerprint density at radius 1 is 0.475 bits per heavy atom. The molecule has 40 heavy (non-hydrogen) atoms. The molecule has 4 nitrogen and oxygen atoms in total. The number of aromatic nitrogens is 3. The van der Waals surface area contributed by atoms with Crippen molar-refractivity contribution in [3.05, 3.63) is 128 Å². The van der Waals surface area contributed by atoms with Gasteiger partial charge in [0.25, 0.3) is 0 Å². The molecule has 4 heteroatoms. The van der Waals surface area contributed by atoms with E-state index in [1.807, 2.05) is 30.6 Å². The molecule has 0 radical (unpaired) electrons. The van der Waals surface area contributed by atoms with Gasteiger partial charge in [-0.2, -0.15) is 10.2 Å². The lowest BCUT2D eigenvalue weighted by atomic mass is 9.95. The van der Waals surface area contributed by atoms with E-state index < -0.39 is 0 Å². The van der Waals surface area contributed by atoms with Crippen LogP contribution in [-0.2, 0) is 0 Å². The molecule has 0 saturated carbocycles. The molecule has 9 rings (SSSR count). The number of furan rings is 1. The minimum absolute atomic E-state index is 0.882. The van der Waals surface area contributed by atoms with Gasteiger partial charge in [-0.3, -0.25) is 0 Å². The van der Waals surface area contributed by atoms with Gasteiger partial charge < -0.3 is 8.98 Å². The zero-order valence-corrected chi connectivity index (χ0v) is 21.4. The highest BCUT2D eigenvalue weighted by Crippen LogP contribution is 2.42. The normalized spacial score (nSPS) is 12.0. The van der Waals surface area contributed by atoms with Gasteiger partial charge in [0.05, 0.1) is 29.1 Å². The van der Waals surface area contributed by atoms with Crippen LogP contribution in [0, 0.1) is 0 Å². The van der Waals surface area contributed by atoms with Gasteiger partial charge >= 0.3 is 0 Å². The van der Waals surface area contributed by atoms with Crippen molar-refractivity contribution in [3.8, 4) is 16.8 Å². The summed E-state index contributed by atoms with van der Waals surface area (Å²) in [5.41, 5.74) is 7.43. The van der Waals surface area contributed by atoms with Gasteiger partial charge in [-0.1, -0.05) is 78.9 Å². The first-order chi connectivity index (χ1) is 19.8. The molecule has 0 aliphatic carbocycles. The van der Waals surface area contributed by atoms with Crippen molar-refractivity contribution >= 4 is 65.3 Å². The molecule has 0 bridgehead atoms. The first-order valence-corrected chi connectivity index (χ1v) is 13.4. The summed E-state index contributed by atoms with van der Waals surface area (Å²) in [6, 6.07) is 40.8. The van der Waals surface area contributed by atoms with Crippen LogP contribution in [0.5, 0.6) is 0 Å². The average molecular weight is 512 g/mol. The molecule has 0 saturated heterocycles. The fourth-order valence-electron chi connectivity index (χ4n) is 6.43. The topological polar surface area (TPSA) is 43.9 Å². The quantitative estimate of drug-likeness (QED) is 0.232. The molecular formula is C36H21N3O. The van der Waals surface area contributed by atoms with Gasteiger partial charge in [0, 0.05) is 32.3 Å². The van der Waals surface area contributed by atoms with Gasteiger partial charge in [0.1, 0.15) is 11.2 Å². The van der Waals surface area contributed by atoms with Crippen LogP contribution in [0.4, 0.5) is 0 Å². The van der Waals surface area contributed by atoms with Crippen molar-refractivity contribution in [1.82, 2.24) is 14.8 Å². The van der Waals surface area contributed by atoms with Gasteiger partial charge in [-0.25, -0.2) is 0 Å². The predicted molar refractivity (Wildman–Crippen MR) is 164 cm³/mol. The lowest BCUT2D eigenvalue weighted by Gasteiger charge is -2.15. The summed E-state index contributed by atoms with van der Waals surface area (Å²) < 4.78 is 8.58. The van der Waals surface area contributed by atoms with Crippen molar-refractivity contribution in [2.24, 2.45) is 0 Å². The van der Waals surface area contributed by atoms with Crippen molar-refractivity contribution in [1.29, 1.82) is 0 Å². The van der Waals surface area contributed by atoms with Crippen LogP contribution < -0.4 is 0 Å². The van der Waals surface area contributed by atoms with Crippen LogP contribution >= 0.6 is 0 Å². The van der Waals surface area contributed by atoms with Crippen LogP contribution in [0.25, 0.3) is 82.1 Å². The largest absolute Gasteiger partial charge is 0.456 e. The van der Waals surface area contributed by atoms with Crippen molar-refractivity contribution in [2.45, 2.75) is 0 Å². The average Bonchev–Trinajstić information content (AvgIpc) is 3.55. The van der Waals surface area contributed by atoms with E-state index in [1.54, 1.807) is 0 Å². The zero-order valence-electron chi connectivity index (χ0n) is 21.4. The number of para-hydroxylation sites is 2. The molecule has 3 heterocycles. The maximum Gasteiger partial charge on any atom is 0.136 e.